The van der Waals surface area contributed by atoms with Crippen LogP contribution >= 0.6 is 0 Å². The Morgan fingerprint density at radius 1 is 1.14 bits per heavy atom. The molecule has 0 aromatic heterocycles. The number of ether oxygens (including phenoxy) is 1. The van der Waals surface area contributed by atoms with Crippen LogP contribution in [-0.4, -0.2) is 35.4 Å². The normalized spacial score (nSPS) is 15.8. The van der Waals surface area contributed by atoms with Gasteiger partial charge in [-0.1, -0.05) is 17.7 Å². The van der Waals surface area contributed by atoms with Crippen LogP contribution in [0.5, 0.6) is 0 Å². The molecule has 1 aliphatic heterocycles. The third-order valence-corrected chi connectivity index (χ3v) is 3.31. The van der Waals surface area contributed by atoms with Crippen molar-refractivity contribution in [3.05, 3.63) is 29.8 Å². The molecule has 0 spiro atoms. The van der Waals surface area contributed by atoms with Gasteiger partial charge in [0.05, 0.1) is 5.69 Å². The monoisotopic (exact) mass is 288 g/mol. The molecule has 0 unspecified atom stereocenters. The molecule has 0 aliphatic carbocycles. The number of hydrogen-bond donors (Lipinski definition) is 0. The number of rotatable bonds is 1. The molecule has 0 saturated carbocycles. The molecule has 0 bridgehead atoms. The number of aliphatic imine (C=N–C) groups is 1. The first-order valence-electron chi connectivity index (χ1n) is 7.44. The Morgan fingerprint density at radius 3 is 2.24 bits per heavy atom. The zero-order valence-electron chi connectivity index (χ0n) is 13.3. The third-order valence-electron chi connectivity index (χ3n) is 3.31. The molecule has 0 atom stereocenters. The lowest BCUT2D eigenvalue weighted by atomic mass is 10.1. The van der Waals surface area contributed by atoms with Crippen molar-refractivity contribution in [2.45, 2.75) is 46.1 Å². The maximum absolute atomic E-state index is 12.0. The molecular weight excluding hydrogens is 264 g/mol. The van der Waals surface area contributed by atoms with E-state index in [1.54, 1.807) is 4.90 Å². The van der Waals surface area contributed by atoms with Crippen molar-refractivity contribution in [2.75, 3.05) is 13.1 Å². The van der Waals surface area contributed by atoms with Crippen molar-refractivity contribution in [1.82, 2.24) is 4.90 Å². The smallest absolute Gasteiger partial charge is 0.410 e. The third kappa shape index (κ3) is 4.88. The largest absolute Gasteiger partial charge is 0.444 e. The molecule has 1 aromatic rings. The predicted molar refractivity (Wildman–Crippen MR) is 85.3 cm³/mol. The van der Waals surface area contributed by atoms with E-state index in [1.165, 1.54) is 5.56 Å². The molecule has 1 aliphatic rings. The van der Waals surface area contributed by atoms with Gasteiger partial charge in [-0.2, -0.15) is 0 Å². The Labute approximate surface area is 126 Å². The number of hydrogen-bond acceptors (Lipinski definition) is 3. The van der Waals surface area contributed by atoms with Crippen LogP contribution in [0.1, 0.15) is 39.2 Å². The van der Waals surface area contributed by atoms with Crippen LogP contribution < -0.4 is 0 Å². The first kappa shape index (κ1) is 15.5. The van der Waals surface area contributed by atoms with E-state index >= 15 is 0 Å². The molecule has 0 N–H and O–H groups in total. The van der Waals surface area contributed by atoms with E-state index in [9.17, 15) is 4.79 Å². The van der Waals surface area contributed by atoms with Gasteiger partial charge in [-0.15, -0.1) is 0 Å². The minimum Gasteiger partial charge on any atom is -0.444 e. The Kier molecular flexibility index (Phi) is 4.66. The highest BCUT2D eigenvalue weighted by molar-refractivity contribution is 5.89. The summed E-state index contributed by atoms with van der Waals surface area (Å²) in [5.41, 5.74) is 2.94. The molecule has 1 aromatic carbocycles. The van der Waals surface area contributed by atoms with Crippen molar-refractivity contribution < 1.29 is 9.53 Å². The Balaban J connectivity index is 1.91. The number of piperidine rings is 1. The molecule has 1 fully saturated rings. The SMILES string of the molecule is Cc1ccc(N=C2CCN(C(=O)OC(C)(C)C)CC2)cc1. The predicted octanol–water partition coefficient (Wildman–Crippen LogP) is 4.10. The quantitative estimate of drug-likeness (QED) is 0.780. The Hall–Kier alpha value is -1.84. The lowest BCUT2D eigenvalue weighted by molar-refractivity contribution is 0.0249. The summed E-state index contributed by atoms with van der Waals surface area (Å²) in [5.74, 6) is 0. The highest BCUT2D eigenvalue weighted by Crippen LogP contribution is 2.18. The zero-order chi connectivity index (χ0) is 15.5. The van der Waals surface area contributed by atoms with E-state index in [-0.39, 0.29) is 6.09 Å². The van der Waals surface area contributed by atoms with E-state index in [2.05, 4.69) is 24.0 Å². The molecule has 4 heteroatoms. The topological polar surface area (TPSA) is 41.9 Å². The molecule has 4 nitrogen and oxygen atoms in total. The van der Waals surface area contributed by atoms with Gasteiger partial charge in [0.25, 0.3) is 0 Å². The number of benzene rings is 1. The van der Waals surface area contributed by atoms with Crippen LogP contribution in [0.3, 0.4) is 0 Å². The zero-order valence-corrected chi connectivity index (χ0v) is 13.3. The molecule has 2 rings (SSSR count). The number of carbonyl (C=O) groups is 1. The van der Waals surface area contributed by atoms with Gasteiger partial charge >= 0.3 is 6.09 Å². The first-order valence-corrected chi connectivity index (χ1v) is 7.44. The molecule has 21 heavy (non-hydrogen) atoms. The average molecular weight is 288 g/mol. The van der Waals surface area contributed by atoms with Crippen LogP contribution in [0, 0.1) is 6.92 Å². The first-order chi connectivity index (χ1) is 9.83. The van der Waals surface area contributed by atoms with Crippen LogP contribution in [0.2, 0.25) is 0 Å². The van der Waals surface area contributed by atoms with Crippen molar-refractivity contribution in [1.29, 1.82) is 0 Å². The van der Waals surface area contributed by atoms with E-state index in [0.29, 0.717) is 13.1 Å². The van der Waals surface area contributed by atoms with Gasteiger partial charge in [-0.25, -0.2) is 4.79 Å². The molecule has 114 valence electrons. The van der Waals surface area contributed by atoms with Crippen LogP contribution in [-0.2, 0) is 4.74 Å². The molecule has 1 amide bonds. The maximum Gasteiger partial charge on any atom is 0.410 e. The standard InChI is InChI=1S/C17H24N2O2/c1-13-5-7-14(8-6-13)18-15-9-11-19(12-10-15)16(20)21-17(2,3)4/h5-8H,9-12H2,1-4H3. The fourth-order valence-electron chi connectivity index (χ4n) is 2.19. The molecular formula is C17H24N2O2. The summed E-state index contributed by atoms with van der Waals surface area (Å²) < 4.78 is 5.39. The summed E-state index contributed by atoms with van der Waals surface area (Å²) in [6, 6.07) is 8.19. The van der Waals surface area contributed by atoms with Gasteiger partial charge in [0.2, 0.25) is 0 Å². The van der Waals surface area contributed by atoms with E-state index in [4.69, 9.17) is 4.74 Å². The van der Waals surface area contributed by atoms with Gasteiger partial charge in [0.1, 0.15) is 5.60 Å². The number of carbonyl (C=O) groups excluding carboxylic acids is 1. The second kappa shape index (κ2) is 6.29. The van der Waals surface area contributed by atoms with Crippen LogP contribution in [0.15, 0.2) is 29.3 Å². The van der Waals surface area contributed by atoms with Gasteiger partial charge < -0.3 is 9.64 Å². The van der Waals surface area contributed by atoms with Gasteiger partial charge in [-0.05, 0) is 39.8 Å². The van der Waals surface area contributed by atoms with E-state index in [0.717, 1.165) is 24.2 Å². The van der Waals surface area contributed by atoms with Gasteiger partial charge in [-0.3, -0.25) is 4.99 Å². The van der Waals surface area contributed by atoms with Crippen molar-refractivity contribution in [3.8, 4) is 0 Å². The van der Waals surface area contributed by atoms with Gasteiger partial charge in [0.15, 0.2) is 0 Å². The van der Waals surface area contributed by atoms with Crippen molar-refractivity contribution >= 4 is 17.5 Å². The minimum atomic E-state index is -0.437. The second-order valence-electron chi connectivity index (χ2n) is 6.48. The Morgan fingerprint density at radius 2 is 1.71 bits per heavy atom. The number of amides is 1. The minimum absolute atomic E-state index is 0.225. The number of nitrogens with zero attached hydrogens (tertiary/aromatic N) is 2. The second-order valence-corrected chi connectivity index (χ2v) is 6.48. The van der Waals surface area contributed by atoms with Crippen molar-refractivity contribution in [2.24, 2.45) is 4.99 Å². The molecule has 1 heterocycles. The summed E-state index contributed by atoms with van der Waals surface area (Å²) >= 11 is 0. The summed E-state index contributed by atoms with van der Waals surface area (Å²) in [7, 11) is 0. The number of likely N-dealkylation sites (tertiary alicyclic amines) is 1. The van der Waals surface area contributed by atoms with Crippen LogP contribution in [0.25, 0.3) is 0 Å². The maximum atomic E-state index is 12.0. The summed E-state index contributed by atoms with van der Waals surface area (Å²) in [5, 5.41) is 0. The summed E-state index contributed by atoms with van der Waals surface area (Å²) in [4.78, 5) is 18.4. The molecule has 0 radical (unpaired) electrons. The fraction of sp³-hybridized carbons (Fsp3) is 0.529. The fourth-order valence-corrected chi connectivity index (χ4v) is 2.19. The highest BCUT2D eigenvalue weighted by Gasteiger charge is 2.25. The van der Waals surface area contributed by atoms with E-state index < -0.39 is 5.60 Å². The van der Waals surface area contributed by atoms with Crippen LogP contribution in [0.4, 0.5) is 10.5 Å². The molecule has 1 saturated heterocycles. The Bertz CT molecular complexity index is 517. The highest BCUT2D eigenvalue weighted by atomic mass is 16.6. The van der Waals surface area contributed by atoms with Crippen molar-refractivity contribution in [3.63, 3.8) is 0 Å². The lowest BCUT2D eigenvalue weighted by Gasteiger charge is -2.30. The van der Waals surface area contributed by atoms with Gasteiger partial charge in [0, 0.05) is 31.6 Å². The number of aryl methyl sites for hydroxylation is 1. The average Bonchev–Trinajstić information content (AvgIpc) is 2.40. The summed E-state index contributed by atoms with van der Waals surface area (Å²) in [6.07, 6.45) is 1.40. The van der Waals surface area contributed by atoms with E-state index in [1.807, 2.05) is 32.9 Å². The summed E-state index contributed by atoms with van der Waals surface area (Å²) in [6.45, 7) is 9.09. The lowest BCUT2D eigenvalue weighted by Crippen LogP contribution is -2.41.